The second kappa shape index (κ2) is 6.04. The summed E-state index contributed by atoms with van der Waals surface area (Å²) in [6.45, 7) is 2.40. The van der Waals surface area contributed by atoms with Gasteiger partial charge in [-0.15, -0.1) is 0 Å². The highest BCUT2D eigenvalue weighted by molar-refractivity contribution is 6.30. The molecule has 0 fully saturated rings. The Morgan fingerprint density at radius 2 is 1.89 bits per heavy atom. The van der Waals surface area contributed by atoms with Crippen molar-refractivity contribution in [1.82, 2.24) is 5.32 Å². The Morgan fingerprint density at radius 3 is 2.58 bits per heavy atom. The van der Waals surface area contributed by atoms with Crippen molar-refractivity contribution >= 4 is 11.6 Å². The van der Waals surface area contributed by atoms with E-state index in [-0.39, 0.29) is 11.8 Å². The summed E-state index contributed by atoms with van der Waals surface area (Å²) < 4.78 is 13.2. The largest absolute Gasteiger partial charge is 0.505 e. The zero-order chi connectivity index (χ0) is 13.8. The molecular weight excluding hydrogens is 265 g/mol. The molecule has 19 heavy (non-hydrogen) atoms. The topological polar surface area (TPSA) is 32.3 Å². The van der Waals surface area contributed by atoms with Crippen LogP contribution >= 0.6 is 11.6 Å². The average molecular weight is 280 g/mol. The third kappa shape index (κ3) is 3.46. The van der Waals surface area contributed by atoms with Gasteiger partial charge >= 0.3 is 0 Å². The van der Waals surface area contributed by atoms with Gasteiger partial charge in [0.2, 0.25) is 0 Å². The van der Waals surface area contributed by atoms with E-state index in [1.54, 1.807) is 12.1 Å². The molecule has 2 aromatic rings. The first kappa shape index (κ1) is 13.8. The van der Waals surface area contributed by atoms with E-state index in [0.717, 1.165) is 5.56 Å². The van der Waals surface area contributed by atoms with Crippen molar-refractivity contribution < 1.29 is 9.50 Å². The van der Waals surface area contributed by atoms with Gasteiger partial charge in [0.1, 0.15) is 0 Å². The Kier molecular flexibility index (Phi) is 4.40. The highest BCUT2D eigenvalue weighted by Gasteiger charge is 2.09. The molecule has 4 heteroatoms. The van der Waals surface area contributed by atoms with Crippen LogP contribution in [0.25, 0.3) is 0 Å². The third-order valence-corrected chi connectivity index (χ3v) is 3.29. The lowest BCUT2D eigenvalue weighted by molar-refractivity contribution is 0.421. The van der Waals surface area contributed by atoms with E-state index in [1.807, 2.05) is 31.2 Å². The molecule has 2 nitrogen and oxygen atoms in total. The van der Waals surface area contributed by atoms with Crippen LogP contribution in [0.4, 0.5) is 4.39 Å². The molecular formula is C15H15ClFNO. The molecule has 100 valence electrons. The second-order valence-corrected chi connectivity index (χ2v) is 4.84. The van der Waals surface area contributed by atoms with Crippen LogP contribution in [0, 0.1) is 5.82 Å². The fraction of sp³-hybridized carbons (Fsp3) is 0.200. The van der Waals surface area contributed by atoms with Crippen LogP contribution in [0.3, 0.4) is 0 Å². The Labute approximate surface area is 116 Å². The summed E-state index contributed by atoms with van der Waals surface area (Å²) in [5, 5.41) is 13.5. The molecule has 0 aromatic heterocycles. The minimum atomic E-state index is -0.599. The number of phenols is 1. The predicted octanol–water partition coefficient (Wildman–Crippen LogP) is 4.04. The van der Waals surface area contributed by atoms with Crippen LogP contribution in [-0.4, -0.2) is 5.11 Å². The molecule has 0 aliphatic carbocycles. The number of rotatable bonds is 4. The predicted molar refractivity (Wildman–Crippen MR) is 74.8 cm³/mol. The number of para-hydroxylation sites is 1. The van der Waals surface area contributed by atoms with Gasteiger partial charge < -0.3 is 10.4 Å². The Balaban J connectivity index is 2.02. The number of benzene rings is 2. The standard InChI is InChI=1S/C15H15ClFNO/c1-10(11-5-7-13(16)8-6-11)18-9-12-3-2-4-14(17)15(12)19/h2-8,10,18-19H,9H2,1H3/t10-/m1/s1. The molecule has 2 rings (SSSR count). The monoisotopic (exact) mass is 279 g/mol. The van der Waals surface area contributed by atoms with Gasteiger partial charge in [0, 0.05) is 23.2 Å². The first-order valence-electron chi connectivity index (χ1n) is 6.03. The summed E-state index contributed by atoms with van der Waals surface area (Å²) in [5.74, 6) is -0.892. The Hall–Kier alpha value is -1.58. The molecule has 0 unspecified atom stereocenters. The van der Waals surface area contributed by atoms with Gasteiger partial charge in [-0.1, -0.05) is 35.9 Å². The van der Waals surface area contributed by atoms with Gasteiger partial charge in [-0.2, -0.15) is 0 Å². The number of aromatic hydroxyl groups is 1. The lowest BCUT2D eigenvalue weighted by Crippen LogP contribution is -2.18. The van der Waals surface area contributed by atoms with Crippen molar-refractivity contribution in [3.63, 3.8) is 0 Å². The molecule has 2 aromatic carbocycles. The molecule has 0 spiro atoms. The first-order valence-corrected chi connectivity index (χ1v) is 6.41. The van der Waals surface area contributed by atoms with Crippen molar-refractivity contribution in [2.24, 2.45) is 0 Å². The van der Waals surface area contributed by atoms with Crippen LogP contribution in [-0.2, 0) is 6.54 Å². The summed E-state index contributed by atoms with van der Waals surface area (Å²) in [6.07, 6.45) is 0. The lowest BCUT2D eigenvalue weighted by atomic mass is 10.1. The van der Waals surface area contributed by atoms with E-state index < -0.39 is 5.82 Å². The zero-order valence-corrected chi connectivity index (χ0v) is 11.3. The molecule has 0 saturated carbocycles. The summed E-state index contributed by atoms with van der Waals surface area (Å²) in [7, 11) is 0. The quantitative estimate of drug-likeness (QED) is 0.885. The van der Waals surface area contributed by atoms with Gasteiger partial charge in [0.15, 0.2) is 11.6 Å². The lowest BCUT2D eigenvalue weighted by Gasteiger charge is -2.15. The number of hydrogen-bond donors (Lipinski definition) is 2. The third-order valence-electron chi connectivity index (χ3n) is 3.04. The van der Waals surface area contributed by atoms with Crippen LogP contribution in [0.5, 0.6) is 5.75 Å². The van der Waals surface area contributed by atoms with E-state index in [2.05, 4.69) is 5.32 Å². The van der Waals surface area contributed by atoms with Crippen LogP contribution in [0.15, 0.2) is 42.5 Å². The van der Waals surface area contributed by atoms with Crippen molar-refractivity contribution in [3.05, 3.63) is 64.4 Å². The van der Waals surface area contributed by atoms with Crippen molar-refractivity contribution in [2.45, 2.75) is 19.5 Å². The maximum Gasteiger partial charge on any atom is 0.165 e. The van der Waals surface area contributed by atoms with E-state index in [1.165, 1.54) is 6.07 Å². The van der Waals surface area contributed by atoms with E-state index >= 15 is 0 Å². The Bertz CT molecular complexity index is 557. The molecule has 0 aliphatic rings. The summed E-state index contributed by atoms with van der Waals surface area (Å²) in [5.41, 5.74) is 1.63. The first-order chi connectivity index (χ1) is 9.08. The number of nitrogens with one attached hydrogen (secondary N) is 1. The average Bonchev–Trinajstić information content (AvgIpc) is 2.41. The van der Waals surface area contributed by atoms with E-state index in [9.17, 15) is 9.50 Å². The van der Waals surface area contributed by atoms with Gasteiger partial charge in [0.25, 0.3) is 0 Å². The molecule has 0 bridgehead atoms. The SMILES string of the molecule is C[C@@H](NCc1cccc(F)c1O)c1ccc(Cl)cc1. The smallest absolute Gasteiger partial charge is 0.165 e. The van der Waals surface area contributed by atoms with Crippen LogP contribution in [0.1, 0.15) is 24.1 Å². The zero-order valence-electron chi connectivity index (χ0n) is 10.5. The number of halogens is 2. The van der Waals surface area contributed by atoms with Gasteiger partial charge in [-0.25, -0.2) is 4.39 Å². The fourth-order valence-electron chi connectivity index (χ4n) is 1.84. The van der Waals surface area contributed by atoms with Gasteiger partial charge in [-0.05, 0) is 30.7 Å². The molecule has 0 saturated heterocycles. The van der Waals surface area contributed by atoms with E-state index in [4.69, 9.17) is 11.6 Å². The van der Waals surface area contributed by atoms with Crippen molar-refractivity contribution in [3.8, 4) is 5.75 Å². The second-order valence-electron chi connectivity index (χ2n) is 4.40. The van der Waals surface area contributed by atoms with Crippen LogP contribution < -0.4 is 5.32 Å². The minimum Gasteiger partial charge on any atom is -0.505 e. The minimum absolute atomic E-state index is 0.0833. The molecule has 2 N–H and O–H groups in total. The van der Waals surface area contributed by atoms with Gasteiger partial charge in [-0.3, -0.25) is 0 Å². The van der Waals surface area contributed by atoms with E-state index in [0.29, 0.717) is 17.1 Å². The molecule has 0 radical (unpaired) electrons. The van der Waals surface area contributed by atoms with Crippen LogP contribution in [0.2, 0.25) is 5.02 Å². The molecule has 0 heterocycles. The highest BCUT2D eigenvalue weighted by Crippen LogP contribution is 2.22. The maximum absolute atomic E-state index is 13.2. The maximum atomic E-state index is 13.2. The molecule has 1 atom stereocenters. The van der Waals surface area contributed by atoms with Crippen molar-refractivity contribution in [1.29, 1.82) is 0 Å². The molecule has 0 amide bonds. The van der Waals surface area contributed by atoms with Crippen molar-refractivity contribution in [2.75, 3.05) is 0 Å². The fourth-order valence-corrected chi connectivity index (χ4v) is 1.96. The number of phenolic OH excluding ortho intramolecular Hbond substituents is 1. The summed E-state index contributed by atoms with van der Waals surface area (Å²) in [6, 6.07) is 12.1. The normalized spacial score (nSPS) is 12.4. The van der Waals surface area contributed by atoms with Gasteiger partial charge in [0.05, 0.1) is 0 Å². The summed E-state index contributed by atoms with van der Waals surface area (Å²) >= 11 is 5.83. The number of hydrogen-bond acceptors (Lipinski definition) is 2. The highest BCUT2D eigenvalue weighted by atomic mass is 35.5. The molecule has 0 aliphatic heterocycles. The summed E-state index contributed by atoms with van der Waals surface area (Å²) in [4.78, 5) is 0. The Morgan fingerprint density at radius 1 is 1.21 bits per heavy atom.